The SMILES string of the molecule is CC(C)c1ccnc(CC2CCC(Oc3cc(N4CCOCC4)cc4nccnc34)CC2)n1. The molecule has 0 radical (unpaired) electrons. The van der Waals surface area contributed by atoms with Gasteiger partial charge in [-0.25, -0.2) is 15.0 Å². The van der Waals surface area contributed by atoms with Crippen LogP contribution in [-0.2, 0) is 11.2 Å². The molecule has 0 bridgehead atoms. The summed E-state index contributed by atoms with van der Waals surface area (Å²) in [5, 5.41) is 0. The van der Waals surface area contributed by atoms with E-state index in [9.17, 15) is 0 Å². The van der Waals surface area contributed by atoms with Crippen molar-refractivity contribution in [2.75, 3.05) is 31.2 Å². The number of nitrogens with zero attached hydrogens (tertiary/aromatic N) is 5. The van der Waals surface area contributed by atoms with Crippen LogP contribution >= 0.6 is 0 Å². The van der Waals surface area contributed by atoms with E-state index in [0.29, 0.717) is 11.8 Å². The number of hydrogen-bond donors (Lipinski definition) is 0. The molecule has 0 N–H and O–H groups in total. The lowest BCUT2D eigenvalue weighted by Crippen LogP contribution is -2.36. The maximum absolute atomic E-state index is 6.56. The highest BCUT2D eigenvalue weighted by Gasteiger charge is 2.25. The van der Waals surface area contributed by atoms with Crippen LogP contribution in [0.4, 0.5) is 5.69 Å². The molecule has 1 aliphatic carbocycles. The molecule has 1 aromatic carbocycles. The van der Waals surface area contributed by atoms with Crippen LogP contribution in [0, 0.1) is 5.92 Å². The highest BCUT2D eigenvalue weighted by atomic mass is 16.5. The zero-order chi connectivity index (χ0) is 22.6. The standard InChI is InChI=1S/C26H33N5O2/c1-18(2)22-7-8-28-25(30-22)15-19-3-5-21(6-4-19)33-24-17-20(31-11-13-32-14-12-31)16-23-26(24)29-10-9-27-23/h7-10,16-19,21H,3-6,11-15H2,1-2H3. The van der Waals surface area contributed by atoms with Gasteiger partial charge >= 0.3 is 0 Å². The highest BCUT2D eigenvalue weighted by molar-refractivity contribution is 5.85. The molecule has 1 saturated carbocycles. The smallest absolute Gasteiger partial charge is 0.149 e. The summed E-state index contributed by atoms with van der Waals surface area (Å²) in [6.45, 7) is 7.63. The second-order valence-corrected chi connectivity index (χ2v) is 9.48. The van der Waals surface area contributed by atoms with E-state index < -0.39 is 0 Å². The van der Waals surface area contributed by atoms with E-state index in [1.807, 2.05) is 12.3 Å². The fourth-order valence-corrected chi connectivity index (χ4v) is 4.85. The van der Waals surface area contributed by atoms with Crippen LogP contribution in [0.15, 0.2) is 36.8 Å². The molecule has 7 nitrogen and oxygen atoms in total. The Labute approximate surface area is 195 Å². The number of benzene rings is 1. The molecule has 33 heavy (non-hydrogen) atoms. The number of anilines is 1. The molecule has 3 heterocycles. The van der Waals surface area contributed by atoms with Crippen molar-refractivity contribution in [3.63, 3.8) is 0 Å². The van der Waals surface area contributed by atoms with Crippen LogP contribution < -0.4 is 9.64 Å². The molecule has 5 rings (SSSR count). The number of hydrogen-bond acceptors (Lipinski definition) is 7. The van der Waals surface area contributed by atoms with Gasteiger partial charge in [-0.15, -0.1) is 0 Å². The van der Waals surface area contributed by atoms with Crippen LogP contribution in [-0.4, -0.2) is 52.3 Å². The summed E-state index contributed by atoms with van der Waals surface area (Å²) in [6, 6.07) is 6.28. The van der Waals surface area contributed by atoms with Gasteiger partial charge in [-0.1, -0.05) is 13.8 Å². The monoisotopic (exact) mass is 447 g/mol. The molecule has 7 heteroatoms. The molecular formula is C26H33N5O2. The van der Waals surface area contributed by atoms with Gasteiger partial charge in [0.05, 0.1) is 24.8 Å². The minimum absolute atomic E-state index is 0.203. The quantitative estimate of drug-likeness (QED) is 0.548. The van der Waals surface area contributed by atoms with Crippen molar-refractivity contribution in [1.82, 2.24) is 19.9 Å². The van der Waals surface area contributed by atoms with Crippen LogP contribution in [0.2, 0.25) is 0 Å². The van der Waals surface area contributed by atoms with E-state index >= 15 is 0 Å². The van der Waals surface area contributed by atoms with Gasteiger partial charge in [0.15, 0.2) is 0 Å². The van der Waals surface area contributed by atoms with Gasteiger partial charge in [0.2, 0.25) is 0 Å². The fraction of sp³-hybridized carbons (Fsp3) is 0.538. The predicted octanol–water partition coefficient (Wildman–Crippen LogP) is 4.56. The third-order valence-corrected chi connectivity index (χ3v) is 6.78. The Bertz CT molecular complexity index is 1080. The third kappa shape index (κ3) is 5.24. The normalized spacial score (nSPS) is 21.5. The molecule has 0 unspecified atom stereocenters. The van der Waals surface area contributed by atoms with Crippen LogP contribution in [0.3, 0.4) is 0 Å². The number of fused-ring (bicyclic) bond motifs is 1. The van der Waals surface area contributed by atoms with E-state index in [4.69, 9.17) is 14.5 Å². The number of aromatic nitrogens is 4. The highest BCUT2D eigenvalue weighted by Crippen LogP contribution is 2.34. The summed E-state index contributed by atoms with van der Waals surface area (Å²) >= 11 is 0. The van der Waals surface area contributed by atoms with Crippen LogP contribution in [0.25, 0.3) is 11.0 Å². The van der Waals surface area contributed by atoms with E-state index in [0.717, 1.165) is 92.4 Å². The number of morpholine rings is 1. The summed E-state index contributed by atoms with van der Waals surface area (Å²) in [6.07, 6.45) is 10.9. The minimum atomic E-state index is 0.203. The lowest BCUT2D eigenvalue weighted by Gasteiger charge is -2.31. The van der Waals surface area contributed by atoms with E-state index in [-0.39, 0.29) is 6.10 Å². The lowest BCUT2D eigenvalue weighted by atomic mass is 9.85. The first-order valence-electron chi connectivity index (χ1n) is 12.2. The second-order valence-electron chi connectivity index (χ2n) is 9.48. The number of rotatable bonds is 6. The second kappa shape index (κ2) is 10.00. The molecule has 0 spiro atoms. The Morgan fingerprint density at radius 1 is 1.00 bits per heavy atom. The van der Waals surface area contributed by atoms with Crippen LogP contribution in [0.1, 0.15) is 57.0 Å². The Hall–Kier alpha value is -2.80. The Morgan fingerprint density at radius 2 is 1.79 bits per heavy atom. The Kier molecular flexibility index (Phi) is 6.67. The zero-order valence-electron chi connectivity index (χ0n) is 19.6. The Morgan fingerprint density at radius 3 is 2.58 bits per heavy atom. The molecule has 1 saturated heterocycles. The maximum Gasteiger partial charge on any atom is 0.149 e. The fourth-order valence-electron chi connectivity index (χ4n) is 4.85. The predicted molar refractivity (Wildman–Crippen MR) is 129 cm³/mol. The minimum Gasteiger partial charge on any atom is -0.488 e. The molecule has 174 valence electrons. The summed E-state index contributed by atoms with van der Waals surface area (Å²) in [5.41, 5.74) is 3.99. The van der Waals surface area contributed by atoms with Crippen molar-refractivity contribution in [3.8, 4) is 5.75 Å². The summed E-state index contributed by atoms with van der Waals surface area (Å²) in [4.78, 5) is 20.8. The molecule has 2 aliphatic rings. The van der Waals surface area contributed by atoms with Crippen molar-refractivity contribution in [1.29, 1.82) is 0 Å². The Balaban J connectivity index is 1.26. The average molecular weight is 448 g/mol. The first-order valence-corrected chi connectivity index (χ1v) is 12.2. The molecule has 0 atom stereocenters. The topological polar surface area (TPSA) is 73.3 Å². The molecule has 3 aromatic rings. The van der Waals surface area contributed by atoms with Gasteiger partial charge in [-0.3, -0.25) is 4.98 Å². The molecule has 0 amide bonds. The summed E-state index contributed by atoms with van der Waals surface area (Å²) in [5.74, 6) is 2.87. The lowest BCUT2D eigenvalue weighted by molar-refractivity contribution is 0.122. The van der Waals surface area contributed by atoms with E-state index in [2.05, 4.69) is 45.8 Å². The van der Waals surface area contributed by atoms with Crippen molar-refractivity contribution in [2.45, 2.75) is 58.0 Å². The number of ether oxygens (including phenoxy) is 2. The van der Waals surface area contributed by atoms with Crippen molar-refractivity contribution < 1.29 is 9.47 Å². The summed E-state index contributed by atoms with van der Waals surface area (Å²) < 4.78 is 12.1. The van der Waals surface area contributed by atoms with Crippen molar-refractivity contribution in [3.05, 3.63) is 48.3 Å². The van der Waals surface area contributed by atoms with Gasteiger partial charge in [0, 0.05) is 55.5 Å². The third-order valence-electron chi connectivity index (χ3n) is 6.78. The van der Waals surface area contributed by atoms with Gasteiger partial charge in [-0.2, -0.15) is 0 Å². The zero-order valence-corrected chi connectivity index (χ0v) is 19.6. The van der Waals surface area contributed by atoms with E-state index in [1.54, 1.807) is 12.4 Å². The largest absolute Gasteiger partial charge is 0.488 e. The van der Waals surface area contributed by atoms with Gasteiger partial charge in [0.25, 0.3) is 0 Å². The molecule has 2 fully saturated rings. The molecular weight excluding hydrogens is 414 g/mol. The molecule has 2 aromatic heterocycles. The van der Waals surface area contributed by atoms with Gasteiger partial charge in [-0.05, 0) is 49.7 Å². The first kappa shape index (κ1) is 22.0. The molecule has 1 aliphatic heterocycles. The maximum atomic E-state index is 6.56. The van der Waals surface area contributed by atoms with Gasteiger partial charge < -0.3 is 14.4 Å². The van der Waals surface area contributed by atoms with Crippen molar-refractivity contribution in [2.24, 2.45) is 5.92 Å². The average Bonchev–Trinajstić information content (AvgIpc) is 2.86. The van der Waals surface area contributed by atoms with Crippen molar-refractivity contribution >= 4 is 16.7 Å². The first-order chi connectivity index (χ1) is 16.2. The van der Waals surface area contributed by atoms with Crippen LogP contribution in [0.5, 0.6) is 5.75 Å². The van der Waals surface area contributed by atoms with Gasteiger partial charge in [0.1, 0.15) is 17.1 Å². The summed E-state index contributed by atoms with van der Waals surface area (Å²) in [7, 11) is 0. The van der Waals surface area contributed by atoms with E-state index in [1.165, 1.54) is 0 Å².